The van der Waals surface area contributed by atoms with Gasteiger partial charge in [0.2, 0.25) is 0 Å². The van der Waals surface area contributed by atoms with Crippen molar-refractivity contribution < 1.29 is 9.53 Å². The number of nitrogens with one attached hydrogen (secondary N) is 1. The number of amides is 1. The summed E-state index contributed by atoms with van der Waals surface area (Å²) in [5, 5.41) is 3.35. The van der Waals surface area contributed by atoms with Gasteiger partial charge < -0.3 is 15.0 Å². The van der Waals surface area contributed by atoms with E-state index in [-0.39, 0.29) is 5.91 Å². The van der Waals surface area contributed by atoms with Crippen molar-refractivity contribution >= 4 is 5.91 Å². The van der Waals surface area contributed by atoms with Crippen molar-refractivity contribution in [1.29, 1.82) is 0 Å². The lowest BCUT2D eigenvalue weighted by atomic mass is 9.97. The lowest BCUT2D eigenvalue weighted by Gasteiger charge is -2.28. The first-order valence-corrected chi connectivity index (χ1v) is 7.40. The third kappa shape index (κ3) is 3.73. The second kappa shape index (κ2) is 7.29. The molecular formula is C16H24N2O2. The number of rotatable bonds is 5. The highest BCUT2D eigenvalue weighted by Gasteiger charge is 2.21. The number of piperidine rings is 1. The van der Waals surface area contributed by atoms with Crippen LogP contribution < -0.4 is 10.1 Å². The van der Waals surface area contributed by atoms with Crippen molar-refractivity contribution in [3.63, 3.8) is 0 Å². The van der Waals surface area contributed by atoms with Crippen molar-refractivity contribution in [2.24, 2.45) is 5.92 Å². The zero-order valence-corrected chi connectivity index (χ0v) is 12.4. The van der Waals surface area contributed by atoms with E-state index >= 15 is 0 Å². The van der Waals surface area contributed by atoms with Crippen LogP contribution in [0.2, 0.25) is 0 Å². The van der Waals surface area contributed by atoms with E-state index in [4.69, 9.17) is 4.74 Å². The smallest absolute Gasteiger partial charge is 0.257 e. The number of ether oxygens (including phenoxy) is 1. The van der Waals surface area contributed by atoms with Gasteiger partial charge >= 0.3 is 0 Å². The minimum Gasteiger partial charge on any atom is -0.493 e. The molecule has 0 spiro atoms. The molecule has 1 amide bonds. The lowest BCUT2D eigenvalue weighted by molar-refractivity contribution is 0.0758. The van der Waals surface area contributed by atoms with E-state index in [1.54, 1.807) is 0 Å². The van der Waals surface area contributed by atoms with Crippen LogP contribution in [-0.4, -0.2) is 44.1 Å². The van der Waals surface area contributed by atoms with E-state index in [1.807, 2.05) is 43.1 Å². The van der Waals surface area contributed by atoms with Gasteiger partial charge in [0.1, 0.15) is 5.75 Å². The van der Waals surface area contributed by atoms with E-state index in [0.29, 0.717) is 23.8 Å². The van der Waals surface area contributed by atoms with Gasteiger partial charge in [0.25, 0.3) is 5.91 Å². The molecule has 4 heteroatoms. The normalized spacial score (nSPS) is 15.9. The Hall–Kier alpha value is -1.55. The second-order valence-electron chi connectivity index (χ2n) is 5.31. The molecule has 2 rings (SSSR count). The molecule has 20 heavy (non-hydrogen) atoms. The van der Waals surface area contributed by atoms with Gasteiger partial charge in [-0.2, -0.15) is 0 Å². The van der Waals surface area contributed by atoms with E-state index in [2.05, 4.69) is 5.32 Å². The summed E-state index contributed by atoms with van der Waals surface area (Å²) in [6, 6.07) is 7.48. The van der Waals surface area contributed by atoms with Gasteiger partial charge in [-0.1, -0.05) is 12.1 Å². The average Bonchev–Trinajstić information content (AvgIpc) is 2.48. The van der Waals surface area contributed by atoms with E-state index < -0.39 is 0 Å². The molecule has 0 aliphatic carbocycles. The standard InChI is InChI=1S/C16H24N2O2/c1-3-20-15-7-5-4-6-14(15)16(19)18(2)12-13-8-10-17-11-9-13/h4-7,13,17H,3,8-12H2,1-2H3. The summed E-state index contributed by atoms with van der Waals surface area (Å²) in [6.07, 6.45) is 2.29. The maximum atomic E-state index is 12.5. The third-order valence-electron chi connectivity index (χ3n) is 3.75. The fraction of sp³-hybridized carbons (Fsp3) is 0.562. The van der Waals surface area contributed by atoms with Crippen molar-refractivity contribution in [1.82, 2.24) is 10.2 Å². The van der Waals surface area contributed by atoms with E-state index in [9.17, 15) is 4.79 Å². The highest BCUT2D eigenvalue weighted by Crippen LogP contribution is 2.21. The maximum Gasteiger partial charge on any atom is 0.257 e. The molecule has 1 aromatic carbocycles. The van der Waals surface area contributed by atoms with Crippen molar-refractivity contribution in [2.75, 3.05) is 33.3 Å². The average molecular weight is 276 g/mol. The van der Waals surface area contributed by atoms with E-state index in [1.165, 1.54) is 0 Å². The Labute approximate surface area is 121 Å². The van der Waals surface area contributed by atoms with Crippen LogP contribution >= 0.6 is 0 Å². The largest absolute Gasteiger partial charge is 0.493 e. The molecule has 0 atom stereocenters. The highest BCUT2D eigenvalue weighted by molar-refractivity contribution is 5.96. The Morgan fingerprint density at radius 1 is 1.35 bits per heavy atom. The van der Waals surface area contributed by atoms with Gasteiger partial charge in [-0.25, -0.2) is 0 Å². The molecule has 1 N–H and O–H groups in total. The number of nitrogens with zero attached hydrogens (tertiary/aromatic N) is 1. The fourth-order valence-electron chi connectivity index (χ4n) is 2.66. The van der Waals surface area contributed by atoms with Gasteiger partial charge in [-0.05, 0) is 50.9 Å². The zero-order valence-electron chi connectivity index (χ0n) is 12.4. The Kier molecular flexibility index (Phi) is 5.41. The molecule has 0 radical (unpaired) electrons. The molecule has 1 aliphatic heterocycles. The summed E-state index contributed by atoms with van der Waals surface area (Å²) in [5.41, 5.74) is 0.658. The molecule has 0 bridgehead atoms. The summed E-state index contributed by atoms with van der Waals surface area (Å²) >= 11 is 0. The van der Waals surface area contributed by atoms with E-state index in [0.717, 1.165) is 32.5 Å². The molecule has 0 saturated carbocycles. The van der Waals surface area contributed by atoms with Crippen LogP contribution in [0.15, 0.2) is 24.3 Å². The molecular weight excluding hydrogens is 252 g/mol. The fourth-order valence-corrected chi connectivity index (χ4v) is 2.66. The summed E-state index contributed by atoms with van der Waals surface area (Å²) in [5.74, 6) is 1.33. The quantitative estimate of drug-likeness (QED) is 0.896. The van der Waals surface area contributed by atoms with Gasteiger partial charge in [0.05, 0.1) is 12.2 Å². The molecule has 1 aliphatic rings. The molecule has 0 aromatic heterocycles. The maximum absolute atomic E-state index is 12.5. The monoisotopic (exact) mass is 276 g/mol. The van der Waals surface area contributed by atoms with Crippen molar-refractivity contribution in [2.45, 2.75) is 19.8 Å². The topological polar surface area (TPSA) is 41.6 Å². The van der Waals surface area contributed by atoms with Gasteiger partial charge in [0, 0.05) is 13.6 Å². The van der Waals surface area contributed by atoms with Gasteiger partial charge in [-0.15, -0.1) is 0 Å². The Balaban J connectivity index is 2.02. The Morgan fingerprint density at radius 2 is 2.05 bits per heavy atom. The molecule has 1 heterocycles. The number of carbonyl (C=O) groups is 1. The van der Waals surface area contributed by atoms with Crippen LogP contribution in [0.3, 0.4) is 0 Å². The first kappa shape index (κ1) is 14.9. The molecule has 1 saturated heterocycles. The van der Waals surface area contributed by atoms with Crippen LogP contribution in [0.25, 0.3) is 0 Å². The molecule has 0 unspecified atom stereocenters. The van der Waals surface area contributed by atoms with Crippen LogP contribution in [0, 0.1) is 5.92 Å². The summed E-state index contributed by atoms with van der Waals surface area (Å²) in [7, 11) is 1.88. The van der Waals surface area contributed by atoms with Crippen LogP contribution in [0.5, 0.6) is 5.75 Å². The molecule has 110 valence electrons. The van der Waals surface area contributed by atoms with Crippen molar-refractivity contribution in [3.05, 3.63) is 29.8 Å². The first-order chi connectivity index (χ1) is 9.72. The molecule has 1 aromatic rings. The number of para-hydroxylation sites is 1. The molecule has 4 nitrogen and oxygen atoms in total. The highest BCUT2D eigenvalue weighted by atomic mass is 16.5. The predicted octanol–water partition coefficient (Wildman–Crippen LogP) is 2.16. The van der Waals surface area contributed by atoms with Crippen LogP contribution in [-0.2, 0) is 0 Å². The zero-order chi connectivity index (χ0) is 14.4. The summed E-state index contributed by atoms with van der Waals surface area (Å²) in [4.78, 5) is 14.4. The minimum atomic E-state index is 0.0487. The van der Waals surface area contributed by atoms with Crippen LogP contribution in [0.4, 0.5) is 0 Å². The molecule has 1 fully saturated rings. The number of carbonyl (C=O) groups excluding carboxylic acids is 1. The SMILES string of the molecule is CCOc1ccccc1C(=O)N(C)CC1CCNCC1. The van der Waals surface area contributed by atoms with Crippen molar-refractivity contribution in [3.8, 4) is 5.75 Å². The Morgan fingerprint density at radius 3 is 2.75 bits per heavy atom. The minimum absolute atomic E-state index is 0.0487. The first-order valence-electron chi connectivity index (χ1n) is 7.40. The number of hydrogen-bond acceptors (Lipinski definition) is 3. The lowest BCUT2D eigenvalue weighted by Crippen LogP contribution is -2.37. The van der Waals surface area contributed by atoms with Gasteiger partial charge in [0.15, 0.2) is 0 Å². The summed E-state index contributed by atoms with van der Waals surface area (Å²) < 4.78 is 5.54. The van der Waals surface area contributed by atoms with Gasteiger partial charge in [-0.3, -0.25) is 4.79 Å². The number of benzene rings is 1. The third-order valence-corrected chi connectivity index (χ3v) is 3.75. The predicted molar refractivity (Wildman–Crippen MR) is 80.2 cm³/mol. The second-order valence-corrected chi connectivity index (χ2v) is 5.31. The van der Waals surface area contributed by atoms with Crippen LogP contribution in [0.1, 0.15) is 30.1 Å². The summed E-state index contributed by atoms with van der Waals surface area (Å²) in [6.45, 7) is 5.44. The Bertz CT molecular complexity index is 442. The number of hydrogen-bond donors (Lipinski definition) is 1.